The van der Waals surface area contributed by atoms with E-state index in [0.717, 1.165) is 6.08 Å². The fourth-order valence-corrected chi connectivity index (χ4v) is 1.30. The SMILES string of the molecule is C=CC(=O)c1cccc(I)c1F. The van der Waals surface area contributed by atoms with Gasteiger partial charge in [-0.15, -0.1) is 0 Å². The molecular weight excluding hydrogens is 270 g/mol. The van der Waals surface area contributed by atoms with Crippen LogP contribution < -0.4 is 0 Å². The summed E-state index contributed by atoms with van der Waals surface area (Å²) < 4.78 is 13.6. The van der Waals surface area contributed by atoms with Crippen molar-refractivity contribution in [3.63, 3.8) is 0 Å². The summed E-state index contributed by atoms with van der Waals surface area (Å²) in [6.45, 7) is 3.29. The van der Waals surface area contributed by atoms with Crippen molar-refractivity contribution in [3.8, 4) is 0 Å². The zero-order chi connectivity index (χ0) is 9.14. The van der Waals surface area contributed by atoms with Crippen molar-refractivity contribution in [1.29, 1.82) is 0 Å². The molecule has 0 fully saturated rings. The van der Waals surface area contributed by atoms with E-state index in [-0.39, 0.29) is 11.3 Å². The number of halogens is 2. The maximum absolute atomic E-state index is 13.2. The van der Waals surface area contributed by atoms with E-state index in [0.29, 0.717) is 3.57 Å². The molecule has 0 aliphatic carbocycles. The third kappa shape index (κ3) is 1.72. The fourth-order valence-electron chi connectivity index (χ4n) is 0.804. The van der Waals surface area contributed by atoms with Crippen molar-refractivity contribution in [2.75, 3.05) is 0 Å². The standard InChI is InChI=1S/C9H6FIO/c1-2-8(12)6-4-3-5-7(11)9(6)10/h2-5H,1H2. The van der Waals surface area contributed by atoms with Crippen LogP contribution in [-0.2, 0) is 0 Å². The van der Waals surface area contributed by atoms with E-state index in [9.17, 15) is 9.18 Å². The number of rotatable bonds is 2. The van der Waals surface area contributed by atoms with Crippen LogP contribution in [0.15, 0.2) is 30.9 Å². The van der Waals surface area contributed by atoms with Crippen LogP contribution >= 0.6 is 22.6 Å². The molecule has 62 valence electrons. The second-order valence-electron chi connectivity index (χ2n) is 2.17. The molecule has 0 bridgehead atoms. The number of ketones is 1. The highest BCUT2D eigenvalue weighted by molar-refractivity contribution is 14.1. The Balaban J connectivity index is 3.25. The molecule has 0 unspecified atom stereocenters. The highest BCUT2D eigenvalue weighted by Crippen LogP contribution is 2.15. The van der Waals surface area contributed by atoms with Crippen LogP contribution in [-0.4, -0.2) is 5.78 Å². The molecule has 1 rings (SSSR count). The topological polar surface area (TPSA) is 17.1 Å². The predicted octanol–water partition coefficient (Wildman–Crippen LogP) is 2.80. The smallest absolute Gasteiger partial charge is 0.188 e. The van der Waals surface area contributed by atoms with E-state index in [1.165, 1.54) is 6.07 Å². The normalized spacial score (nSPS) is 9.50. The molecular formula is C9H6FIO. The largest absolute Gasteiger partial charge is 0.289 e. The Morgan fingerprint density at radius 2 is 2.25 bits per heavy atom. The van der Waals surface area contributed by atoms with Gasteiger partial charge in [-0.2, -0.15) is 0 Å². The van der Waals surface area contributed by atoms with Gasteiger partial charge in [-0.05, 0) is 40.8 Å². The molecule has 0 atom stereocenters. The van der Waals surface area contributed by atoms with Gasteiger partial charge in [-0.25, -0.2) is 4.39 Å². The van der Waals surface area contributed by atoms with Gasteiger partial charge in [0.05, 0.1) is 5.56 Å². The van der Waals surface area contributed by atoms with E-state index in [1.807, 2.05) is 22.6 Å². The number of hydrogen-bond donors (Lipinski definition) is 0. The van der Waals surface area contributed by atoms with Crippen LogP contribution in [0.1, 0.15) is 10.4 Å². The predicted molar refractivity (Wildman–Crippen MR) is 53.6 cm³/mol. The first kappa shape index (κ1) is 9.38. The van der Waals surface area contributed by atoms with E-state index in [2.05, 4.69) is 6.58 Å². The summed E-state index contributed by atoms with van der Waals surface area (Å²) in [5, 5.41) is 0. The van der Waals surface area contributed by atoms with E-state index in [1.54, 1.807) is 12.1 Å². The Hall–Kier alpha value is -0.710. The lowest BCUT2D eigenvalue weighted by Gasteiger charge is -1.99. The number of benzene rings is 1. The van der Waals surface area contributed by atoms with Gasteiger partial charge in [0.2, 0.25) is 0 Å². The quantitative estimate of drug-likeness (QED) is 0.461. The monoisotopic (exact) mass is 276 g/mol. The fraction of sp³-hybridized carbons (Fsp3) is 0. The van der Waals surface area contributed by atoms with Gasteiger partial charge in [0.25, 0.3) is 0 Å². The van der Waals surface area contributed by atoms with Crippen molar-refractivity contribution in [2.45, 2.75) is 0 Å². The second-order valence-corrected chi connectivity index (χ2v) is 3.33. The van der Waals surface area contributed by atoms with Crippen molar-refractivity contribution >= 4 is 28.4 Å². The van der Waals surface area contributed by atoms with Crippen LogP contribution in [0.4, 0.5) is 4.39 Å². The minimum absolute atomic E-state index is 0.0805. The number of carbonyl (C=O) groups excluding carboxylic acids is 1. The minimum Gasteiger partial charge on any atom is -0.289 e. The van der Waals surface area contributed by atoms with Crippen molar-refractivity contribution < 1.29 is 9.18 Å². The summed E-state index contributed by atoms with van der Waals surface area (Å²) in [7, 11) is 0. The lowest BCUT2D eigenvalue weighted by atomic mass is 10.1. The van der Waals surface area contributed by atoms with Crippen LogP contribution in [0, 0.1) is 9.39 Å². The Kier molecular flexibility index (Phi) is 2.97. The molecule has 0 heterocycles. The van der Waals surface area contributed by atoms with Gasteiger partial charge >= 0.3 is 0 Å². The lowest BCUT2D eigenvalue weighted by molar-refractivity contribution is 0.104. The lowest BCUT2D eigenvalue weighted by Crippen LogP contribution is -1.99. The average Bonchev–Trinajstić information content (AvgIpc) is 2.08. The van der Waals surface area contributed by atoms with Gasteiger partial charge in [0.15, 0.2) is 5.78 Å². The third-order valence-corrected chi connectivity index (χ3v) is 2.24. The van der Waals surface area contributed by atoms with Gasteiger partial charge in [-0.3, -0.25) is 4.79 Å². The Morgan fingerprint density at radius 3 is 2.83 bits per heavy atom. The van der Waals surface area contributed by atoms with Crippen molar-refractivity contribution in [1.82, 2.24) is 0 Å². The molecule has 0 aliphatic rings. The molecule has 0 spiro atoms. The summed E-state index contributed by atoms with van der Waals surface area (Å²) in [4.78, 5) is 11.0. The van der Waals surface area contributed by atoms with E-state index >= 15 is 0 Å². The second kappa shape index (κ2) is 3.80. The summed E-state index contributed by atoms with van der Waals surface area (Å²) >= 11 is 1.84. The molecule has 0 amide bonds. The third-order valence-electron chi connectivity index (χ3n) is 1.40. The van der Waals surface area contributed by atoms with Gasteiger partial charge in [0.1, 0.15) is 5.82 Å². The maximum Gasteiger partial charge on any atom is 0.188 e. The summed E-state index contributed by atoms with van der Waals surface area (Å²) in [5.74, 6) is -0.853. The van der Waals surface area contributed by atoms with E-state index in [4.69, 9.17) is 0 Å². The van der Waals surface area contributed by atoms with Crippen molar-refractivity contribution in [2.24, 2.45) is 0 Å². The molecule has 1 aromatic carbocycles. The number of hydrogen-bond acceptors (Lipinski definition) is 1. The molecule has 0 aliphatic heterocycles. The Labute approximate surface area is 83.4 Å². The summed E-state index contributed by atoms with van der Waals surface area (Å²) in [5.41, 5.74) is 0.0805. The summed E-state index contributed by atoms with van der Waals surface area (Å²) in [6.07, 6.45) is 1.11. The molecule has 12 heavy (non-hydrogen) atoms. The van der Waals surface area contributed by atoms with Gasteiger partial charge in [0, 0.05) is 3.57 Å². The molecule has 0 radical (unpaired) electrons. The molecule has 3 heteroatoms. The minimum atomic E-state index is -0.469. The van der Waals surface area contributed by atoms with Crippen LogP contribution in [0.2, 0.25) is 0 Å². The average molecular weight is 276 g/mol. The molecule has 1 aromatic rings. The zero-order valence-electron chi connectivity index (χ0n) is 6.18. The zero-order valence-corrected chi connectivity index (χ0v) is 8.34. The maximum atomic E-state index is 13.2. The van der Waals surface area contributed by atoms with Crippen LogP contribution in [0.3, 0.4) is 0 Å². The number of allylic oxidation sites excluding steroid dienone is 1. The molecule has 0 saturated carbocycles. The summed E-state index contributed by atoms with van der Waals surface area (Å²) in [6, 6.07) is 4.69. The van der Waals surface area contributed by atoms with E-state index < -0.39 is 5.82 Å². The van der Waals surface area contributed by atoms with Crippen molar-refractivity contribution in [3.05, 3.63) is 45.8 Å². The Morgan fingerprint density at radius 1 is 1.58 bits per heavy atom. The first-order chi connectivity index (χ1) is 5.66. The first-order valence-electron chi connectivity index (χ1n) is 3.27. The van der Waals surface area contributed by atoms with Gasteiger partial charge in [-0.1, -0.05) is 12.6 Å². The molecule has 0 N–H and O–H groups in total. The molecule has 1 nitrogen and oxygen atoms in total. The van der Waals surface area contributed by atoms with Crippen LogP contribution in [0.5, 0.6) is 0 Å². The highest BCUT2D eigenvalue weighted by Gasteiger charge is 2.09. The highest BCUT2D eigenvalue weighted by atomic mass is 127. The number of carbonyl (C=O) groups is 1. The first-order valence-corrected chi connectivity index (χ1v) is 4.35. The van der Waals surface area contributed by atoms with Crippen LogP contribution in [0.25, 0.3) is 0 Å². The van der Waals surface area contributed by atoms with Gasteiger partial charge < -0.3 is 0 Å². The molecule has 0 aromatic heterocycles. The Bertz CT molecular complexity index is 333. The molecule has 0 saturated heterocycles.